The number of aryl methyl sites for hydroxylation is 1. The molecule has 1 aliphatic carbocycles. The molecule has 0 bridgehead atoms. The van der Waals surface area contributed by atoms with E-state index < -0.39 is 0 Å². The van der Waals surface area contributed by atoms with Crippen LogP contribution in [0.3, 0.4) is 0 Å². The van der Waals surface area contributed by atoms with E-state index in [-0.39, 0.29) is 17.8 Å². The van der Waals surface area contributed by atoms with Crippen molar-refractivity contribution in [3.8, 4) is 6.07 Å². The quantitative estimate of drug-likeness (QED) is 0.563. The SMILES string of the molecule is Cc1nc(SCC(=O)Nc2c(C#N)c(C)c(C)n2CC2CCCO2)n(C2CCCCC2)c1C. The average Bonchev–Trinajstić information content (AvgIpc) is 3.48. The van der Waals surface area contributed by atoms with Gasteiger partial charge in [0.2, 0.25) is 5.91 Å². The summed E-state index contributed by atoms with van der Waals surface area (Å²) < 4.78 is 10.2. The van der Waals surface area contributed by atoms with Gasteiger partial charge in [-0.1, -0.05) is 31.0 Å². The smallest absolute Gasteiger partial charge is 0.235 e. The van der Waals surface area contributed by atoms with Crippen LogP contribution < -0.4 is 5.32 Å². The molecule has 0 spiro atoms. The van der Waals surface area contributed by atoms with E-state index in [1.165, 1.54) is 49.6 Å². The molecular formula is C25H35N5O2S. The van der Waals surface area contributed by atoms with Crippen LogP contribution in [0.4, 0.5) is 5.82 Å². The maximum Gasteiger partial charge on any atom is 0.235 e. The van der Waals surface area contributed by atoms with E-state index in [1.807, 2.05) is 25.3 Å². The first-order valence-corrected chi connectivity index (χ1v) is 13.1. The minimum atomic E-state index is -0.115. The Morgan fingerprint density at radius 1 is 1.15 bits per heavy atom. The average molecular weight is 470 g/mol. The number of hydrogen-bond acceptors (Lipinski definition) is 5. The largest absolute Gasteiger partial charge is 0.376 e. The van der Waals surface area contributed by atoms with Crippen molar-refractivity contribution in [2.45, 2.75) is 96.5 Å². The molecule has 8 heteroatoms. The van der Waals surface area contributed by atoms with Gasteiger partial charge in [-0.2, -0.15) is 5.26 Å². The van der Waals surface area contributed by atoms with E-state index in [1.54, 1.807) is 0 Å². The Morgan fingerprint density at radius 3 is 2.58 bits per heavy atom. The Balaban J connectivity index is 1.49. The number of thioether (sulfide) groups is 1. The molecule has 1 N–H and O–H groups in total. The Bertz CT molecular complexity index is 1050. The molecule has 1 atom stereocenters. The Hall–Kier alpha value is -2.24. The van der Waals surface area contributed by atoms with E-state index in [0.29, 0.717) is 24.0 Å². The molecular weight excluding hydrogens is 434 g/mol. The first-order chi connectivity index (χ1) is 15.9. The third kappa shape index (κ3) is 4.99. The van der Waals surface area contributed by atoms with Gasteiger partial charge in [0, 0.05) is 24.0 Å². The van der Waals surface area contributed by atoms with E-state index >= 15 is 0 Å². The standard InChI is InChI=1S/C25H35N5O2S/c1-16-18(3)29(14-21-11-8-12-32-21)24(22(16)13-26)28-23(31)15-33-25-27-17(2)19(4)30(25)20-9-6-5-7-10-20/h20-21H,5-12,14-15H2,1-4H3,(H,28,31). The first kappa shape index (κ1) is 23.9. The highest BCUT2D eigenvalue weighted by molar-refractivity contribution is 7.99. The van der Waals surface area contributed by atoms with Gasteiger partial charge in [-0.15, -0.1) is 0 Å². The molecule has 7 nitrogen and oxygen atoms in total. The van der Waals surface area contributed by atoms with Gasteiger partial charge in [0.25, 0.3) is 0 Å². The van der Waals surface area contributed by atoms with Crippen LogP contribution in [-0.4, -0.2) is 38.5 Å². The van der Waals surface area contributed by atoms with Crippen LogP contribution in [0.25, 0.3) is 0 Å². The Labute approximate surface area is 200 Å². The number of rotatable bonds is 7. The summed E-state index contributed by atoms with van der Waals surface area (Å²) in [6.07, 6.45) is 8.35. The van der Waals surface area contributed by atoms with E-state index in [9.17, 15) is 10.1 Å². The summed E-state index contributed by atoms with van der Waals surface area (Å²) in [6.45, 7) is 9.55. The highest BCUT2D eigenvalue weighted by atomic mass is 32.2. The van der Waals surface area contributed by atoms with Gasteiger partial charge < -0.3 is 19.2 Å². The molecule has 3 heterocycles. The van der Waals surface area contributed by atoms with E-state index in [4.69, 9.17) is 9.72 Å². The van der Waals surface area contributed by atoms with Crippen LogP contribution in [0.2, 0.25) is 0 Å². The zero-order chi connectivity index (χ0) is 23.5. The number of nitrogens with zero attached hydrogens (tertiary/aromatic N) is 4. The molecule has 2 aromatic heterocycles. The Kier molecular flexibility index (Phi) is 7.50. The molecule has 1 saturated heterocycles. The molecule has 1 saturated carbocycles. The number of carbonyl (C=O) groups excluding carboxylic acids is 1. The summed E-state index contributed by atoms with van der Waals surface area (Å²) in [5, 5.41) is 13.7. The minimum absolute atomic E-state index is 0.115. The van der Waals surface area contributed by atoms with Crippen molar-refractivity contribution in [3.05, 3.63) is 28.2 Å². The van der Waals surface area contributed by atoms with Crippen molar-refractivity contribution in [2.75, 3.05) is 17.7 Å². The zero-order valence-corrected chi connectivity index (χ0v) is 21.1. The minimum Gasteiger partial charge on any atom is -0.376 e. The monoisotopic (exact) mass is 469 g/mol. The van der Waals surface area contributed by atoms with Crippen LogP contribution in [0.1, 0.15) is 79.2 Å². The highest BCUT2D eigenvalue weighted by Gasteiger charge is 2.25. The van der Waals surface area contributed by atoms with Crippen molar-refractivity contribution in [1.82, 2.24) is 14.1 Å². The molecule has 178 valence electrons. The van der Waals surface area contributed by atoms with Crippen molar-refractivity contribution < 1.29 is 9.53 Å². The zero-order valence-electron chi connectivity index (χ0n) is 20.2. The second kappa shape index (κ2) is 10.4. The van der Waals surface area contributed by atoms with Gasteiger partial charge >= 0.3 is 0 Å². The number of amides is 1. The molecule has 1 aliphatic heterocycles. The second-order valence-electron chi connectivity index (χ2n) is 9.36. The van der Waals surface area contributed by atoms with Crippen molar-refractivity contribution in [2.24, 2.45) is 0 Å². The first-order valence-electron chi connectivity index (χ1n) is 12.1. The summed E-state index contributed by atoms with van der Waals surface area (Å²) in [6, 6.07) is 2.77. The molecule has 4 rings (SSSR count). The predicted molar refractivity (Wildman–Crippen MR) is 131 cm³/mol. The van der Waals surface area contributed by atoms with Crippen LogP contribution in [0, 0.1) is 39.0 Å². The summed E-state index contributed by atoms with van der Waals surface area (Å²) in [7, 11) is 0. The normalized spacial score (nSPS) is 19.1. The summed E-state index contributed by atoms with van der Waals surface area (Å²) >= 11 is 1.49. The molecule has 2 fully saturated rings. The van der Waals surface area contributed by atoms with Crippen LogP contribution in [0.15, 0.2) is 5.16 Å². The summed E-state index contributed by atoms with van der Waals surface area (Å²) in [4.78, 5) is 17.8. The fourth-order valence-electron chi connectivity index (χ4n) is 5.12. The summed E-state index contributed by atoms with van der Waals surface area (Å²) in [5.74, 6) is 0.740. The molecule has 0 aromatic carbocycles. The molecule has 2 aromatic rings. The molecule has 2 aliphatic rings. The number of nitrogens with one attached hydrogen (secondary N) is 1. The van der Waals surface area contributed by atoms with Gasteiger partial charge in [-0.3, -0.25) is 4.79 Å². The summed E-state index contributed by atoms with van der Waals surface area (Å²) in [5.41, 5.74) is 4.70. The number of hydrogen-bond donors (Lipinski definition) is 1. The van der Waals surface area contributed by atoms with Crippen molar-refractivity contribution in [1.29, 1.82) is 5.26 Å². The molecule has 1 unspecified atom stereocenters. The van der Waals surface area contributed by atoms with Gasteiger partial charge in [0.15, 0.2) is 5.16 Å². The van der Waals surface area contributed by atoms with E-state index in [2.05, 4.69) is 22.9 Å². The van der Waals surface area contributed by atoms with Gasteiger partial charge in [0.1, 0.15) is 11.9 Å². The number of anilines is 1. The second-order valence-corrected chi connectivity index (χ2v) is 10.3. The van der Waals surface area contributed by atoms with Gasteiger partial charge in [-0.05, 0) is 58.9 Å². The highest BCUT2D eigenvalue weighted by Crippen LogP contribution is 2.34. The topological polar surface area (TPSA) is 84.9 Å². The number of nitriles is 1. The van der Waals surface area contributed by atoms with Gasteiger partial charge in [-0.25, -0.2) is 4.98 Å². The fourth-order valence-corrected chi connectivity index (χ4v) is 6.07. The number of carbonyl (C=O) groups is 1. The predicted octanol–water partition coefficient (Wildman–Crippen LogP) is 5.20. The third-order valence-electron chi connectivity index (χ3n) is 7.24. The molecule has 1 amide bonds. The maximum atomic E-state index is 13.0. The van der Waals surface area contributed by atoms with Crippen molar-refractivity contribution >= 4 is 23.5 Å². The third-order valence-corrected chi connectivity index (χ3v) is 8.19. The lowest BCUT2D eigenvalue weighted by Gasteiger charge is -2.26. The van der Waals surface area contributed by atoms with E-state index in [0.717, 1.165) is 41.6 Å². The Morgan fingerprint density at radius 2 is 1.91 bits per heavy atom. The lowest BCUT2D eigenvalue weighted by molar-refractivity contribution is -0.113. The lowest BCUT2D eigenvalue weighted by atomic mass is 9.95. The number of aromatic nitrogens is 3. The van der Waals surface area contributed by atoms with Crippen molar-refractivity contribution in [3.63, 3.8) is 0 Å². The molecule has 0 radical (unpaired) electrons. The number of imidazole rings is 1. The molecule has 33 heavy (non-hydrogen) atoms. The van der Waals surface area contributed by atoms with Crippen LogP contribution >= 0.6 is 11.8 Å². The lowest BCUT2D eigenvalue weighted by Crippen LogP contribution is -2.22. The van der Waals surface area contributed by atoms with Gasteiger partial charge in [0.05, 0.1) is 29.7 Å². The fraction of sp³-hybridized carbons (Fsp3) is 0.640. The number of ether oxygens (including phenoxy) is 1. The van der Waals surface area contributed by atoms with Crippen LogP contribution in [0.5, 0.6) is 0 Å². The maximum absolute atomic E-state index is 13.0. The van der Waals surface area contributed by atoms with Crippen LogP contribution in [-0.2, 0) is 16.1 Å².